The first kappa shape index (κ1) is 15.3. The van der Waals surface area contributed by atoms with Crippen LogP contribution in [0.3, 0.4) is 0 Å². The second kappa shape index (κ2) is 5.37. The van der Waals surface area contributed by atoms with Crippen molar-refractivity contribution in [3.8, 4) is 11.5 Å². The molecule has 3 aromatic rings. The van der Waals surface area contributed by atoms with Crippen LogP contribution in [-0.2, 0) is 6.42 Å². The standard InChI is InChI=1S/C19H16N2O4/c1-10-8-11-4-2-7-14-16(11)21(10)19(25)15(17(14)23)18(24)20-12-5-3-6-13(22)9-12/h2-7,9-10,22-23H,8H2,1H3,(H,20,24)/t10-/m1/s1. The van der Waals surface area contributed by atoms with Crippen LogP contribution in [0.1, 0.15) is 28.9 Å². The van der Waals surface area contributed by atoms with Gasteiger partial charge in [-0.25, -0.2) is 0 Å². The molecule has 0 saturated carbocycles. The summed E-state index contributed by atoms with van der Waals surface area (Å²) >= 11 is 0. The van der Waals surface area contributed by atoms with Gasteiger partial charge in [0.2, 0.25) is 0 Å². The molecule has 2 heterocycles. The number of carbonyl (C=O) groups is 1. The summed E-state index contributed by atoms with van der Waals surface area (Å²) in [6, 6.07) is 11.4. The number of pyridine rings is 1. The molecule has 2 aromatic carbocycles. The van der Waals surface area contributed by atoms with E-state index in [1.54, 1.807) is 28.8 Å². The van der Waals surface area contributed by atoms with Gasteiger partial charge in [0.15, 0.2) is 0 Å². The van der Waals surface area contributed by atoms with E-state index in [1.165, 1.54) is 12.1 Å². The molecule has 1 aliphatic heterocycles. The van der Waals surface area contributed by atoms with E-state index >= 15 is 0 Å². The molecule has 3 N–H and O–H groups in total. The number of aromatic nitrogens is 1. The summed E-state index contributed by atoms with van der Waals surface area (Å²) in [6.07, 6.45) is 0.684. The Balaban J connectivity index is 1.89. The Morgan fingerprint density at radius 1 is 1.20 bits per heavy atom. The second-order valence-electron chi connectivity index (χ2n) is 6.27. The molecule has 0 saturated heterocycles. The highest BCUT2D eigenvalue weighted by molar-refractivity contribution is 6.09. The molecule has 126 valence electrons. The van der Waals surface area contributed by atoms with E-state index in [2.05, 4.69) is 5.32 Å². The Morgan fingerprint density at radius 2 is 1.96 bits per heavy atom. The third kappa shape index (κ3) is 2.26. The third-order valence-electron chi connectivity index (χ3n) is 4.57. The van der Waals surface area contributed by atoms with Crippen molar-refractivity contribution in [2.24, 2.45) is 0 Å². The third-order valence-corrected chi connectivity index (χ3v) is 4.57. The molecule has 0 spiro atoms. The molecule has 6 heteroatoms. The number of para-hydroxylation sites is 1. The predicted molar refractivity (Wildman–Crippen MR) is 94.3 cm³/mol. The first-order chi connectivity index (χ1) is 12.0. The van der Waals surface area contributed by atoms with Crippen LogP contribution in [-0.4, -0.2) is 20.7 Å². The van der Waals surface area contributed by atoms with Crippen molar-refractivity contribution in [1.29, 1.82) is 0 Å². The summed E-state index contributed by atoms with van der Waals surface area (Å²) < 4.78 is 1.57. The lowest BCUT2D eigenvalue weighted by Gasteiger charge is -2.14. The number of carbonyl (C=O) groups excluding carboxylic acids is 1. The fourth-order valence-corrected chi connectivity index (χ4v) is 3.50. The van der Waals surface area contributed by atoms with Gasteiger partial charge in [0.25, 0.3) is 11.5 Å². The summed E-state index contributed by atoms with van der Waals surface area (Å²) in [5, 5.41) is 23.1. The maximum Gasteiger partial charge on any atom is 0.268 e. The highest BCUT2D eigenvalue weighted by atomic mass is 16.3. The topological polar surface area (TPSA) is 91.6 Å². The van der Waals surface area contributed by atoms with E-state index in [0.29, 0.717) is 23.0 Å². The largest absolute Gasteiger partial charge is 0.508 e. The number of nitrogens with one attached hydrogen (secondary N) is 1. The van der Waals surface area contributed by atoms with Crippen molar-refractivity contribution in [3.63, 3.8) is 0 Å². The van der Waals surface area contributed by atoms with Crippen LogP contribution in [0, 0.1) is 0 Å². The van der Waals surface area contributed by atoms with E-state index in [1.807, 2.05) is 13.0 Å². The van der Waals surface area contributed by atoms with Crippen molar-refractivity contribution < 1.29 is 15.0 Å². The molecule has 1 aromatic heterocycles. The van der Waals surface area contributed by atoms with Gasteiger partial charge >= 0.3 is 0 Å². The first-order valence-electron chi connectivity index (χ1n) is 7.97. The molecule has 0 radical (unpaired) electrons. The molecule has 4 rings (SSSR count). The van der Waals surface area contributed by atoms with Gasteiger partial charge < -0.3 is 20.1 Å². The van der Waals surface area contributed by atoms with Crippen LogP contribution in [0.5, 0.6) is 11.5 Å². The molecule has 1 aliphatic rings. The van der Waals surface area contributed by atoms with Crippen LogP contribution < -0.4 is 10.9 Å². The zero-order valence-electron chi connectivity index (χ0n) is 13.5. The van der Waals surface area contributed by atoms with Gasteiger partial charge in [-0.15, -0.1) is 0 Å². The first-order valence-corrected chi connectivity index (χ1v) is 7.97. The van der Waals surface area contributed by atoms with E-state index in [4.69, 9.17) is 0 Å². The Kier molecular flexibility index (Phi) is 3.28. The van der Waals surface area contributed by atoms with Gasteiger partial charge in [0.1, 0.15) is 17.1 Å². The molecule has 1 atom stereocenters. The van der Waals surface area contributed by atoms with E-state index in [-0.39, 0.29) is 23.1 Å². The molecule has 6 nitrogen and oxygen atoms in total. The quantitative estimate of drug-likeness (QED) is 0.671. The molecule has 1 amide bonds. The monoisotopic (exact) mass is 336 g/mol. The maximum atomic E-state index is 12.9. The molecule has 0 aliphatic carbocycles. The summed E-state index contributed by atoms with van der Waals surface area (Å²) in [6.45, 7) is 1.91. The number of anilines is 1. The van der Waals surface area contributed by atoms with Gasteiger partial charge in [-0.2, -0.15) is 0 Å². The summed E-state index contributed by atoms with van der Waals surface area (Å²) in [4.78, 5) is 25.5. The van der Waals surface area contributed by atoms with Crippen LogP contribution >= 0.6 is 0 Å². The van der Waals surface area contributed by atoms with Crippen LogP contribution in [0.2, 0.25) is 0 Å². The van der Waals surface area contributed by atoms with Gasteiger partial charge in [0.05, 0.1) is 5.52 Å². The Hall–Kier alpha value is -3.28. The minimum atomic E-state index is -0.705. The summed E-state index contributed by atoms with van der Waals surface area (Å²) in [7, 11) is 0. The molecular formula is C19H16N2O4. The SMILES string of the molecule is C[C@@H]1Cc2cccc3c(O)c(C(=O)Nc4cccc(O)c4)c(=O)n1c23. The molecule has 0 unspecified atom stereocenters. The number of hydrogen-bond acceptors (Lipinski definition) is 4. The number of nitrogens with zero attached hydrogens (tertiary/aromatic N) is 1. The van der Waals surface area contributed by atoms with Crippen molar-refractivity contribution >= 4 is 22.5 Å². The second-order valence-corrected chi connectivity index (χ2v) is 6.27. The number of phenols is 1. The Morgan fingerprint density at radius 3 is 2.72 bits per heavy atom. The molecule has 25 heavy (non-hydrogen) atoms. The van der Waals surface area contributed by atoms with Gasteiger partial charge in [-0.3, -0.25) is 9.59 Å². The van der Waals surface area contributed by atoms with Crippen molar-refractivity contribution in [2.75, 3.05) is 5.32 Å². The average molecular weight is 336 g/mol. The fraction of sp³-hybridized carbons (Fsp3) is 0.158. The Labute approximate surface area is 143 Å². The van der Waals surface area contributed by atoms with E-state index in [0.717, 1.165) is 5.56 Å². The van der Waals surface area contributed by atoms with Crippen LogP contribution in [0.25, 0.3) is 10.9 Å². The van der Waals surface area contributed by atoms with Crippen molar-refractivity contribution in [3.05, 3.63) is 63.9 Å². The van der Waals surface area contributed by atoms with Crippen molar-refractivity contribution in [2.45, 2.75) is 19.4 Å². The van der Waals surface area contributed by atoms with Crippen LogP contribution in [0.4, 0.5) is 5.69 Å². The molecule has 0 fully saturated rings. The lowest BCUT2D eigenvalue weighted by Crippen LogP contribution is -2.30. The fourth-order valence-electron chi connectivity index (χ4n) is 3.50. The minimum Gasteiger partial charge on any atom is -0.508 e. The highest BCUT2D eigenvalue weighted by Gasteiger charge is 2.29. The normalized spacial score (nSPS) is 15.5. The maximum absolute atomic E-state index is 12.9. The summed E-state index contributed by atoms with van der Waals surface area (Å²) in [5.74, 6) is -1.03. The smallest absolute Gasteiger partial charge is 0.268 e. The van der Waals surface area contributed by atoms with Crippen LogP contribution in [0.15, 0.2) is 47.3 Å². The number of amides is 1. The number of rotatable bonds is 2. The number of benzene rings is 2. The minimum absolute atomic E-state index is 0.00544. The zero-order chi connectivity index (χ0) is 17.7. The summed E-state index contributed by atoms with van der Waals surface area (Å²) in [5.41, 5.74) is 1.21. The van der Waals surface area contributed by atoms with E-state index in [9.17, 15) is 19.8 Å². The van der Waals surface area contributed by atoms with Gasteiger partial charge in [-0.1, -0.05) is 18.2 Å². The van der Waals surface area contributed by atoms with Gasteiger partial charge in [-0.05, 0) is 37.1 Å². The molecule has 0 bridgehead atoms. The highest BCUT2D eigenvalue weighted by Crippen LogP contribution is 2.36. The van der Waals surface area contributed by atoms with Gasteiger partial charge in [0, 0.05) is 23.2 Å². The van der Waals surface area contributed by atoms with E-state index < -0.39 is 11.5 Å². The Bertz CT molecular complexity index is 1080. The molecular weight excluding hydrogens is 320 g/mol. The zero-order valence-corrected chi connectivity index (χ0v) is 13.5. The average Bonchev–Trinajstić information content (AvgIpc) is 2.89. The predicted octanol–water partition coefficient (Wildman–Crippen LogP) is 2.78. The lowest BCUT2D eigenvalue weighted by atomic mass is 10.1. The number of hydrogen-bond donors (Lipinski definition) is 3. The lowest BCUT2D eigenvalue weighted by molar-refractivity contribution is 0.102. The van der Waals surface area contributed by atoms with Crippen molar-refractivity contribution in [1.82, 2.24) is 4.57 Å². The number of phenolic OH excluding ortho intramolecular Hbond substituents is 1. The number of aromatic hydroxyl groups is 2.